The molecule has 1 aromatic carbocycles. The van der Waals surface area contributed by atoms with Crippen LogP contribution in [-0.4, -0.2) is 54.7 Å². The molecule has 0 saturated carbocycles. The van der Waals surface area contributed by atoms with Crippen molar-refractivity contribution in [1.29, 1.82) is 0 Å². The van der Waals surface area contributed by atoms with E-state index < -0.39 is 12.0 Å². The first-order valence-corrected chi connectivity index (χ1v) is 11.7. The third-order valence-corrected chi connectivity index (χ3v) is 6.79. The van der Waals surface area contributed by atoms with E-state index in [1.54, 1.807) is 10.7 Å². The van der Waals surface area contributed by atoms with Gasteiger partial charge in [-0.05, 0) is 43.5 Å². The highest BCUT2D eigenvalue weighted by atomic mass is 16.4. The highest BCUT2D eigenvalue weighted by Crippen LogP contribution is 2.34. The molecule has 8 heteroatoms. The average Bonchev–Trinajstić information content (AvgIpc) is 3.23. The van der Waals surface area contributed by atoms with E-state index in [4.69, 9.17) is 10.7 Å². The topological polar surface area (TPSA) is 110 Å². The largest absolute Gasteiger partial charge is 0.480 e. The van der Waals surface area contributed by atoms with Gasteiger partial charge in [0.1, 0.15) is 11.9 Å². The molecule has 1 atom stereocenters. The van der Waals surface area contributed by atoms with Crippen molar-refractivity contribution in [3.8, 4) is 11.1 Å². The Hall–Kier alpha value is -3.52. The number of aliphatic carboxylic acids is 1. The number of benzene rings is 1. The fourth-order valence-electron chi connectivity index (χ4n) is 5.16. The molecule has 34 heavy (non-hydrogen) atoms. The number of rotatable bonds is 4. The number of nitrogens with zero attached hydrogens (tertiary/aromatic N) is 5. The zero-order valence-corrected chi connectivity index (χ0v) is 19.8. The normalized spacial score (nSPS) is 16.8. The standard InChI is InChI=1S/C26H30N6O2/c1-26(2,3)23(25(33)34)31-10-8-16(9-11-31)21-13-22(27)32-24(30-21)19(15-29-32)18-12-17-6-4-5-7-20(17)28-14-18/h4-7,12-16,23H,8-11,27H2,1-3H3,(H,33,34). The minimum Gasteiger partial charge on any atom is -0.480 e. The van der Waals surface area contributed by atoms with Crippen LogP contribution >= 0.6 is 0 Å². The fraction of sp³-hybridized carbons (Fsp3) is 0.385. The molecule has 4 heterocycles. The molecule has 1 fully saturated rings. The van der Waals surface area contributed by atoms with Crippen LogP contribution in [0.1, 0.15) is 45.2 Å². The Morgan fingerprint density at radius 3 is 2.59 bits per heavy atom. The Morgan fingerprint density at radius 2 is 1.88 bits per heavy atom. The van der Waals surface area contributed by atoms with Gasteiger partial charge in [-0.3, -0.25) is 14.7 Å². The summed E-state index contributed by atoms with van der Waals surface area (Å²) >= 11 is 0. The summed E-state index contributed by atoms with van der Waals surface area (Å²) in [4.78, 5) is 23.6. The predicted molar refractivity (Wildman–Crippen MR) is 133 cm³/mol. The monoisotopic (exact) mass is 458 g/mol. The van der Waals surface area contributed by atoms with Gasteiger partial charge in [0.2, 0.25) is 0 Å². The first-order valence-electron chi connectivity index (χ1n) is 11.7. The quantitative estimate of drug-likeness (QED) is 0.471. The van der Waals surface area contributed by atoms with Crippen molar-refractivity contribution in [2.45, 2.75) is 45.6 Å². The summed E-state index contributed by atoms with van der Waals surface area (Å²) in [7, 11) is 0. The summed E-state index contributed by atoms with van der Waals surface area (Å²) in [5.41, 5.74) is 10.5. The number of carboxylic acid groups (broad SMARTS) is 1. The molecule has 1 aliphatic rings. The Bertz CT molecular complexity index is 1360. The highest BCUT2D eigenvalue weighted by molar-refractivity contribution is 5.86. The number of carbonyl (C=O) groups is 1. The minimum atomic E-state index is -0.761. The molecular formula is C26H30N6O2. The number of piperidine rings is 1. The van der Waals surface area contributed by atoms with Crippen LogP contribution in [0.5, 0.6) is 0 Å². The van der Waals surface area contributed by atoms with Gasteiger partial charge in [-0.15, -0.1) is 0 Å². The van der Waals surface area contributed by atoms with Crippen molar-refractivity contribution < 1.29 is 9.90 Å². The van der Waals surface area contributed by atoms with E-state index in [9.17, 15) is 9.90 Å². The zero-order chi connectivity index (χ0) is 24.0. The molecule has 1 unspecified atom stereocenters. The maximum Gasteiger partial charge on any atom is 0.321 e. The molecular weight excluding hydrogens is 428 g/mol. The molecule has 176 valence electrons. The Labute approximate surface area is 198 Å². The minimum absolute atomic E-state index is 0.218. The number of anilines is 1. The molecule has 0 amide bonds. The number of pyridine rings is 1. The summed E-state index contributed by atoms with van der Waals surface area (Å²) < 4.78 is 1.67. The lowest BCUT2D eigenvalue weighted by molar-refractivity contribution is -0.148. The zero-order valence-electron chi connectivity index (χ0n) is 19.8. The van der Waals surface area contributed by atoms with E-state index in [1.807, 2.05) is 57.3 Å². The number of aromatic nitrogens is 4. The lowest BCUT2D eigenvalue weighted by Crippen LogP contribution is -2.52. The first-order chi connectivity index (χ1) is 16.2. The van der Waals surface area contributed by atoms with Crippen molar-refractivity contribution >= 4 is 28.3 Å². The van der Waals surface area contributed by atoms with Crippen LogP contribution in [0.2, 0.25) is 0 Å². The van der Waals surface area contributed by atoms with Crippen molar-refractivity contribution in [3.63, 3.8) is 0 Å². The molecule has 8 nitrogen and oxygen atoms in total. The van der Waals surface area contributed by atoms with Crippen LogP contribution in [0.25, 0.3) is 27.7 Å². The molecule has 0 spiro atoms. The van der Waals surface area contributed by atoms with Crippen LogP contribution in [-0.2, 0) is 4.79 Å². The third-order valence-electron chi connectivity index (χ3n) is 6.79. The van der Waals surface area contributed by atoms with Gasteiger partial charge >= 0.3 is 5.97 Å². The molecule has 5 rings (SSSR count). The highest BCUT2D eigenvalue weighted by Gasteiger charge is 2.38. The van der Waals surface area contributed by atoms with Crippen molar-refractivity contribution in [3.05, 3.63) is 54.5 Å². The maximum absolute atomic E-state index is 11.9. The van der Waals surface area contributed by atoms with Crippen molar-refractivity contribution in [1.82, 2.24) is 24.5 Å². The van der Waals surface area contributed by atoms with Gasteiger partial charge in [0.25, 0.3) is 0 Å². The molecule has 3 aromatic heterocycles. The number of likely N-dealkylation sites (tertiary alicyclic amines) is 1. The number of carboxylic acids is 1. The van der Waals surface area contributed by atoms with Crippen LogP contribution in [0.3, 0.4) is 0 Å². The second kappa shape index (κ2) is 8.36. The van der Waals surface area contributed by atoms with Crippen LogP contribution in [0, 0.1) is 5.41 Å². The molecule has 1 aliphatic heterocycles. The molecule has 0 aliphatic carbocycles. The summed E-state index contributed by atoms with van der Waals surface area (Å²) in [5.74, 6) is -0.00129. The number of para-hydroxylation sites is 1. The lowest BCUT2D eigenvalue weighted by Gasteiger charge is -2.41. The summed E-state index contributed by atoms with van der Waals surface area (Å²) in [6.07, 6.45) is 5.31. The van der Waals surface area contributed by atoms with E-state index in [2.05, 4.69) is 21.0 Å². The van der Waals surface area contributed by atoms with E-state index in [-0.39, 0.29) is 11.3 Å². The number of hydrogen-bond donors (Lipinski definition) is 2. The first kappa shape index (κ1) is 22.3. The smallest absolute Gasteiger partial charge is 0.321 e. The lowest BCUT2D eigenvalue weighted by atomic mass is 9.83. The van der Waals surface area contributed by atoms with Gasteiger partial charge in [-0.1, -0.05) is 39.0 Å². The summed E-state index contributed by atoms with van der Waals surface area (Å²) in [6.45, 7) is 7.38. The summed E-state index contributed by atoms with van der Waals surface area (Å²) in [5, 5.41) is 15.3. The van der Waals surface area contributed by atoms with Crippen molar-refractivity contribution in [2.24, 2.45) is 5.41 Å². The second-order valence-electron chi connectivity index (χ2n) is 10.2. The number of fused-ring (bicyclic) bond motifs is 2. The van der Waals surface area contributed by atoms with E-state index in [0.29, 0.717) is 24.6 Å². The fourth-order valence-corrected chi connectivity index (χ4v) is 5.16. The van der Waals surface area contributed by atoms with Gasteiger partial charge in [-0.2, -0.15) is 9.61 Å². The number of nitrogens with two attached hydrogens (primary N) is 1. The predicted octanol–water partition coefficient (Wildman–Crippen LogP) is 4.21. The van der Waals surface area contributed by atoms with E-state index in [0.717, 1.165) is 40.6 Å². The van der Waals surface area contributed by atoms with Gasteiger partial charge in [0.15, 0.2) is 5.65 Å². The SMILES string of the molecule is CC(C)(C)C(C(=O)O)N1CCC(c2cc(N)n3ncc(-c4cnc5ccccc5c4)c3n2)CC1. The molecule has 4 aromatic rings. The molecule has 0 bridgehead atoms. The van der Waals surface area contributed by atoms with E-state index >= 15 is 0 Å². The Balaban J connectivity index is 1.45. The van der Waals surface area contributed by atoms with Crippen molar-refractivity contribution in [2.75, 3.05) is 18.8 Å². The second-order valence-corrected chi connectivity index (χ2v) is 10.2. The molecule has 3 N–H and O–H groups in total. The third kappa shape index (κ3) is 3.98. The van der Waals surface area contributed by atoms with Gasteiger partial charge in [-0.25, -0.2) is 4.98 Å². The van der Waals surface area contributed by atoms with Gasteiger partial charge in [0.05, 0.1) is 11.7 Å². The van der Waals surface area contributed by atoms with Crippen LogP contribution < -0.4 is 5.73 Å². The Morgan fingerprint density at radius 1 is 1.15 bits per heavy atom. The molecule has 0 radical (unpaired) electrons. The van der Waals surface area contributed by atoms with Crippen LogP contribution in [0.4, 0.5) is 5.82 Å². The number of nitrogen functional groups attached to an aromatic ring is 1. The summed E-state index contributed by atoms with van der Waals surface area (Å²) in [6, 6.07) is 11.5. The number of hydrogen-bond acceptors (Lipinski definition) is 6. The average molecular weight is 459 g/mol. The molecule has 1 saturated heterocycles. The van der Waals surface area contributed by atoms with Gasteiger partial charge < -0.3 is 10.8 Å². The van der Waals surface area contributed by atoms with E-state index in [1.165, 1.54) is 0 Å². The van der Waals surface area contributed by atoms with Crippen LogP contribution in [0.15, 0.2) is 48.8 Å². The maximum atomic E-state index is 11.9. The Kier molecular flexibility index (Phi) is 5.48. The van der Waals surface area contributed by atoms with Gasteiger partial charge in [0, 0.05) is 40.4 Å².